The maximum absolute atomic E-state index is 12.1. The molecule has 4 radical (unpaired) electrons. The maximum atomic E-state index is 12.1. The minimum atomic E-state index is -2.35. The predicted octanol–water partition coefficient (Wildman–Crippen LogP) is 0.229. The van der Waals surface area contributed by atoms with E-state index in [1.807, 2.05) is 0 Å². The second-order valence-electron chi connectivity index (χ2n) is 11.9. The summed E-state index contributed by atoms with van der Waals surface area (Å²) in [6, 6.07) is 17.2. The van der Waals surface area contributed by atoms with Gasteiger partial charge in [-0.05, 0) is 38.0 Å². The van der Waals surface area contributed by atoms with Gasteiger partial charge in [-0.15, -0.1) is 9.42 Å². The first kappa shape index (κ1) is 67.5. The predicted molar refractivity (Wildman–Crippen MR) is 218 cm³/mol. The summed E-state index contributed by atoms with van der Waals surface area (Å²) in [5.41, 5.74) is 1.02. The minimum absolute atomic E-state index is 0. The summed E-state index contributed by atoms with van der Waals surface area (Å²) in [5, 5.41) is 97.5. The molecule has 0 aliphatic carbocycles. The molecule has 0 saturated carbocycles. The summed E-state index contributed by atoms with van der Waals surface area (Å²) in [5.74, 6) is -2.77. The number of rotatable bonds is 19. The fraction of sp³-hybridized carbons (Fsp3) is 0.421. The number of esters is 1. The molecule has 0 saturated heterocycles. The molecule has 2 aromatic carbocycles. The Hall–Kier alpha value is -4.06. The fourth-order valence-corrected chi connectivity index (χ4v) is 4.47. The van der Waals surface area contributed by atoms with E-state index in [0.717, 1.165) is 0 Å². The Morgan fingerprint density at radius 2 is 1.18 bits per heavy atom. The number of carboxylic acid groups (broad SMARTS) is 2. The van der Waals surface area contributed by atoms with Crippen molar-refractivity contribution in [2.45, 2.75) is 82.4 Å². The van der Waals surface area contributed by atoms with Crippen molar-refractivity contribution in [3.8, 4) is 29.3 Å². The summed E-state index contributed by atoms with van der Waals surface area (Å²) in [6.45, 7) is 5.05. The molecule has 1 unspecified atom stereocenters. The van der Waals surface area contributed by atoms with Crippen LogP contribution in [0, 0.1) is 11.3 Å². The number of para-hydroxylation sites is 2. The Kier molecular flexibility index (Phi) is 38.5. The second-order valence-corrected chi connectivity index (χ2v) is 12.6. The summed E-state index contributed by atoms with van der Waals surface area (Å²) in [6.07, 6.45) is -10.9. The van der Waals surface area contributed by atoms with Crippen molar-refractivity contribution < 1.29 is 135 Å². The van der Waals surface area contributed by atoms with Crippen molar-refractivity contribution in [3.05, 3.63) is 78.3 Å². The zero-order valence-electron chi connectivity index (χ0n) is 35.6. The smallest absolute Gasteiger partial charge is 0.503 e. The number of aliphatic hydroxyl groups excluding tert-OH is 8. The Morgan fingerprint density at radius 1 is 0.754 bits per heavy atom. The summed E-state index contributed by atoms with van der Waals surface area (Å²) in [4.78, 5) is 48.4. The van der Waals surface area contributed by atoms with Crippen LogP contribution in [0.3, 0.4) is 0 Å². The molecule has 11 N–H and O–H groups in total. The van der Waals surface area contributed by atoms with Gasteiger partial charge >= 0.3 is 26.2 Å². The first-order valence-corrected chi connectivity index (χ1v) is 19.2. The number of nitriles is 1. The number of carbonyl (C=O) groups is 3. The van der Waals surface area contributed by atoms with E-state index in [1.165, 1.54) is 32.9 Å². The van der Waals surface area contributed by atoms with Crippen LogP contribution in [0.1, 0.15) is 44.7 Å². The summed E-state index contributed by atoms with van der Waals surface area (Å²) < 4.78 is 35.0. The van der Waals surface area contributed by atoms with Crippen LogP contribution in [0.2, 0.25) is 0 Å². The van der Waals surface area contributed by atoms with Gasteiger partial charge in [0.05, 0.1) is 44.3 Å². The van der Waals surface area contributed by atoms with E-state index in [2.05, 4.69) is 20.6 Å². The number of aliphatic hydroxyl groups is 8. The summed E-state index contributed by atoms with van der Waals surface area (Å²) >= 11 is 0. The van der Waals surface area contributed by atoms with Gasteiger partial charge in [0.15, 0.2) is 12.2 Å². The van der Waals surface area contributed by atoms with E-state index in [4.69, 9.17) is 74.9 Å². The Morgan fingerprint density at radius 3 is 1.55 bits per heavy atom. The van der Waals surface area contributed by atoms with Crippen LogP contribution in [-0.2, 0) is 69.5 Å². The molecular weight excluding hydrogens is 1010 g/mol. The van der Waals surface area contributed by atoms with Crippen LogP contribution in [0.5, 0.6) is 23.3 Å². The van der Waals surface area contributed by atoms with E-state index >= 15 is 0 Å². The third-order valence-electron chi connectivity index (χ3n) is 7.59. The molecule has 3 aromatic rings. The van der Waals surface area contributed by atoms with Gasteiger partial charge in [0, 0.05) is 64.0 Å². The van der Waals surface area contributed by atoms with Gasteiger partial charge in [-0.2, -0.15) is 5.26 Å². The third-order valence-corrected chi connectivity index (χ3v) is 8.07. The Labute approximate surface area is 408 Å². The number of methoxy groups -OCH3 is 2. The van der Waals surface area contributed by atoms with E-state index < -0.39 is 75.0 Å². The average Bonchev–Trinajstić information content (AvgIpc) is 3.26. The van der Waals surface area contributed by atoms with Crippen LogP contribution in [-0.4, -0.2) is 171 Å². The molecule has 0 bridgehead atoms. The third kappa shape index (κ3) is 24.9. The van der Waals surface area contributed by atoms with E-state index in [1.54, 1.807) is 69.3 Å². The molecule has 23 nitrogen and oxygen atoms in total. The van der Waals surface area contributed by atoms with E-state index in [0.29, 0.717) is 29.2 Å². The number of hydrogen-bond acceptors (Lipinski definition) is 20. The van der Waals surface area contributed by atoms with Crippen LogP contribution >= 0.6 is 8.25 Å². The quantitative estimate of drug-likeness (QED) is 0.0252. The van der Waals surface area contributed by atoms with Gasteiger partial charge in [-0.1, -0.05) is 44.2 Å². The Bertz CT molecular complexity index is 1900. The normalized spacial score (nSPS) is 14.1. The van der Waals surface area contributed by atoms with E-state index in [9.17, 15) is 24.2 Å². The number of aromatic nitrogens is 2. The number of carbonyl (C=O) groups excluding carboxylic acids is 1. The van der Waals surface area contributed by atoms with Gasteiger partial charge in [0.25, 0.3) is 0 Å². The molecule has 27 heteroatoms. The maximum Gasteiger partial charge on any atom is 0.694 e. The van der Waals surface area contributed by atoms with Crippen molar-refractivity contribution in [2.24, 2.45) is 0 Å². The molecule has 0 spiro atoms. The molecule has 358 valence electrons. The molecule has 1 heterocycles. The van der Waals surface area contributed by atoms with Crippen molar-refractivity contribution in [1.82, 2.24) is 9.97 Å². The molecule has 0 amide bonds. The molecule has 65 heavy (non-hydrogen) atoms. The van der Waals surface area contributed by atoms with Crippen molar-refractivity contribution in [1.29, 1.82) is 5.26 Å². The van der Waals surface area contributed by atoms with Gasteiger partial charge < -0.3 is 70.0 Å². The van der Waals surface area contributed by atoms with Crippen molar-refractivity contribution >= 4 is 49.1 Å². The van der Waals surface area contributed by atoms with Gasteiger partial charge in [-0.3, -0.25) is 0 Å². The zero-order chi connectivity index (χ0) is 47.5. The number of ether oxygens (including phenoxy) is 4. The zero-order valence-corrected chi connectivity index (χ0v) is 41.5. The van der Waals surface area contributed by atoms with E-state index in [-0.39, 0.29) is 84.1 Å². The number of hydrogen-bond donors (Lipinski definition) is 11. The molecular formula is C38H51AlCuN3O20PZn+. The van der Waals surface area contributed by atoms with Crippen molar-refractivity contribution in [2.75, 3.05) is 20.8 Å². The standard InChI is InChI=1S/C22H17N3O5.2C7H14O6.C2H5O3P.Al.Cu.Zn/c1-27-13-17(22(26)28-2)16-8-4-6-10-19(16)30-21-11-20(24-14-25-21)29-18-9-5-3-7-15(18)12-23;2*1-2-3(8)4(9)5(10)6(11)7(12)13;1-2-5-6(3)4;;;/h3-11,13-14H,1-2H3;2*3-6,8-11H,2H2,1H3,(H,12,13);2H2,1H3;;;/p+1/b17-13+;;;;;;/t;2*3-,4-,5+,6-;;;;/m.11..../s1. The molecule has 1 aromatic heterocycles. The van der Waals surface area contributed by atoms with Crippen LogP contribution < -0.4 is 9.47 Å². The first-order chi connectivity index (χ1) is 29.3. The van der Waals surface area contributed by atoms with Crippen molar-refractivity contribution in [3.63, 3.8) is 0 Å². The molecule has 0 aliphatic rings. The average molecular weight is 1060 g/mol. The van der Waals surface area contributed by atoms with Gasteiger partial charge in [0.1, 0.15) is 60.5 Å². The first-order valence-electron chi connectivity index (χ1n) is 18.0. The number of aliphatic carboxylic acids is 2. The Balaban J connectivity index is -0.000000445. The van der Waals surface area contributed by atoms with Crippen LogP contribution in [0.25, 0.3) is 5.57 Å². The van der Waals surface area contributed by atoms with Crippen LogP contribution in [0.4, 0.5) is 0 Å². The monoisotopic (exact) mass is 1050 g/mol. The second kappa shape index (κ2) is 37.1. The molecule has 3 rings (SSSR count). The SMILES string of the molecule is CCO[P+](=O)O.CC[C@@H](O)[C@@H](O)[C@H](O)[C@@H](O)C(=O)O.CC[C@@H](O)[C@@H](O)[C@H](O)[C@@H](O)C(=O)O.CO/C=C(/C(=O)OC)c1ccccc1Oc1cc(Oc2ccccc2C#N)ncn1.[Al].[Cu].[Zn]. The number of nitrogens with zero attached hydrogens (tertiary/aromatic N) is 3. The van der Waals surface area contributed by atoms with Gasteiger partial charge in [-0.25, -0.2) is 24.4 Å². The molecule has 9 atom stereocenters. The summed E-state index contributed by atoms with van der Waals surface area (Å²) in [7, 11) is 0.360. The topological polar surface area (TPSA) is 387 Å². The molecule has 0 aliphatic heterocycles. The fourth-order valence-electron chi connectivity index (χ4n) is 4.25. The number of benzene rings is 2. The van der Waals surface area contributed by atoms with Gasteiger partial charge in [0.2, 0.25) is 11.8 Å². The largest absolute Gasteiger partial charge is 0.694 e. The minimum Gasteiger partial charge on any atom is -0.503 e. The number of carboxylic acids is 2. The molecule has 0 fully saturated rings. The van der Waals surface area contributed by atoms with Crippen LogP contribution in [0.15, 0.2) is 67.2 Å².